The van der Waals surface area contributed by atoms with Crippen LogP contribution < -0.4 is 5.32 Å². The van der Waals surface area contributed by atoms with Crippen LogP contribution in [0.15, 0.2) is 42.7 Å². The van der Waals surface area contributed by atoms with Crippen molar-refractivity contribution in [1.29, 1.82) is 0 Å². The van der Waals surface area contributed by atoms with Crippen molar-refractivity contribution in [3.8, 4) is 0 Å². The molecule has 134 valence electrons. The number of fused-ring (bicyclic) bond motifs is 1. The van der Waals surface area contributed by atoms with E-state index < -0.39 is 0 Å². The quantitative estimate of drug-likeness (QED) is 0.785. The summed E-state index contributed by atoms with van der Waals surface area (Å²) in [5.41, 5.74) is 3.65. The van der Waals surface area contributed by atoms with Gasteiger partial charge in [0.15, 0.2) is 5.65 Å². The average Bonchev–Trinajstić information content (AvgIpc) is 3.07. The summed E-state index contributed by atoms with van der Waals surface area (Å²) in [6.45, 7) is 2.72. The zero-order chi connectivity index (χ0) is 17.9. The summed E-state index contributed by atoms with van der Waals surface area (Å²) in [7, 11) is 0. The fraction of sp³-hybridized carbons (Fsp3) is 0.400. The van der Waals surface area contributed by atoms with Crippen LogP contribution in [0, 0.1) is 12.8 Å². The number of carbonyl (C=O) groups excluding carboxylic acids is 1. The molecule has 1 N–H and O–H groups in total. The van der Waals surface area contributed by atoms with Crippen molar-refractivity contribution in [2.45, 2.75) is 38.5 Å². The Labute approximate surface area is 152 Å². The van der Waals surface area contributed by atoms with E-state index >= 15 is 0 Å². The summed E-state index contributed by atoms with van der Waals surface area (Å²) in [5, 5.41) is 7.62. The second kappa shape index (κ2) is 7.23. The van der Waals surface area contributed by atoms with Crippen LogP contribution >= 0.6 is 0 Å². The first-order chi connectivity index (χ1) is 12.7. The first-order valence-electron chi connectivity index (χ1n) is 9.21. The third kappa shape index (κ3) is 3.45. The van der Waals surface area contributed by atoms with Crippen LogP contribution in [0.2, 0.25) is 0 Å². The number of nitrogens with one attached hydrogen (secondary N) is 1. The van der Waals surface area contributed by atoms with E-state index in [4.69, 9.17) is 0 Å². The molecule has 0 unspecified atom stereocenters. The summed E-state index contributed by atoms with van der Waals surface area (Å²) < 4.78 is 1.99. The maximum absolute atomic E-state index is 12.1. The average molecular weight is 349 g/mol. The molecule has 1 fully saturated rings. The lowest BCUT2D eigenvalue weighted by Crippen LogP contribution is -2.31. The molecule has 0 bridgehead atoms. The molecular formula is C20H23N5O. The van der Waals surface area contributed by atoms with E-state index in [2.05, 4.69) is 26.4 Å². The number of rotatable bonds is 4. The van der Waals surface area contributed by atoms with Gasteiger partial charge in [-0.2, -0.15) is 5.10 Å². The molecule has 6 nitrogen and oxygen atoms in total. The van der Waals surface area contributed by atoms with E-state index in [0.717, 1.165) is 43.6 Å². The van der Waals surface area contributed by atoms with Gasteiger partial charge in [0.25, 0.3) is 5.91 Å². The molecule has 1 aliphatic rings. The molecule has 4 rings (SSSR count). The second-order valence-corrected chi connectivity index (χ2v) is 7.07. The van der Waals surface area contributed by atoms with E-state index in [1.54, 1.807) is 12.3 Å². The molecule has 0 saturated heterocycles. The Kier molecular flexibility index (Phi) is 4.65. The Hall–Kier alpha value is -2.76. The standard InChI is InChI=1S/C20H23N5O/c1-14-12-19-22-11-9-18(25(19)24-14)16-7-5-15(6-8-16)13-23-20(26)17-4-2-3-10-21-17/h2-4,9-12,15-16H,5-8,13H2,1H3,(H,23,26). The van der Waals surface area contributed by atoms with Gasteiger partial charge in [0, 0.05) is 36.6 Å². The van der Waals surface area contributed by atoms with Gasteiger partial charge >= 0.3 is 0 Å². The van der Waals surface area contributed by atoms with Crippen LogP contribution in [0.5, 0.6) is 0 Å². The van der Waals surface area contributed by atoms with Crippen LogP contribution in [-0.2, 0) is 0 Å². The molecule has 0 radical (unpaired) electrons. The van der Waals surface area contributed by atoms with Gasteiger partial charge in [-0.25, -0.2) is 9.50 Å². The SMILES string of the molecule is Cc1cc2nccc(C3CCC(CNC(=O)c4ccccn4)CC3)n2n1. The highest BCUT2D eigenvalue weighted by molar-refractivity contribution is 5.92. The summed E-state index contributed by atoms with van der Waals surface area (Å²) in [4.78, 5) is 20.6. The molecule has 1 amide bonds. The van der Waals surface area contributed by atoms with Gasteiger partial charge < -0.3 is 5.32 Å². The minimum absolute atomic E-state index is 0.0874. The van der Waals surface area contributed by atoms with Gasteiger partial charge in [-0.05, 0) is 56.7 Å². The number of carbonyl (C=O) groups is 1. The lowest BCUT2D eigenvalue weighted by molar-refractivity contribution is 0.0938. The van der Waals surface area contributed by atoms with E-state index in [-0.39, 0.29) is 5.91 Å². The van der Waals surface area contributed by atoms with Crippen molar-refractivity contribution in [3.63, 3.8) is 0 Å². The summed E-state index contributed by atoms with van der Waals surface area (Å²) in [6.07, 6.45) is 7.97. The molecule has 1 aliphatic carbocycles. The number of hydrogen-bond donors (Lipinski definition) is 1. The molecule has 3 heterocycles. The second-order valence-electron chi connectivity index (χ2n) is 7.07. The molecule has 6 heteroatoms. The molecule has 3 aromatic rings. The van der Waals surface area contributed by atoms with Crippen LogP contribution in [0.1, 0.15) is 53.5 Å². The van der Waals surface area contributed by atoms with Crippen LogP contribution in [-0.4, -0.2) is 32.0 Å². The zero-order valence-electron chi connectivity index (χ0n) is 14.9. The van der Waals surface area contributed by atoms with E-state index in [0.29, 0.717) is 17.5 Å². The topological polar surface area (TPSA) is 72.2 Å². The van der Waals surface area contributed by atoms with Crippen LogP contribution in [0.4, 0.5) is 0 Å². The maximum Gasteiger partial charge on any atom is 0.269 e. The maximum atomic E-state index is 12.1. The largest absolute Gasteiger partial charge is 0.350 e. The highest BCUT2D eigenvalue weighted by Crippen LogP contribution is 2.35. The van der Waals surface area contributed by atoms with Crippen molar-refractivity contribution in [2.75, 3.05) is 6.54 Å². The Morgan fingerprint density at radius 2 is 2.00 bits per heavy atom. The molecule has 0 aliphatic heterocycles. The highest BCUT2D eigenvalue weighted by atomic mass is 16.1. The molecule has 0 aromatic carbocycles. The predicted octanol–water partition coefficient (Wildman–Crippen LogP) is 3.14. The lowest BCUT2D eigenvalue weighted by Gasteiger charge is -2.28. The Morgan fingerprint density at radius 3 is 2.77 bits per heavy atom. The first kappa shape index (κ1) is 16.7. The van der Waals surface area contributed by atoms with Crippen molar-refractivity contribution in [2.24, 2.45) is 5.92 Å². The van der Waals surface area contributed by atoms with E-state index in [1.165, 1.54) is 5.69 Å². The third-order valence-corrected chi connectivity index (χ3v) is 5.22. The predicted molar refractivity (Wildman–Crippen MR) is 99.0 cm³/mol. The van der Waals surface area contributed by atoms with Crippen molar-refractivity contribution >= 4 is 11.6 Å². The van der Waals surface area contributed by atoms with Crippen molar-refractivity contribution in [1.82, 2.24) is 24.9 Å². The number of aryl methyl sites for hydroxylation is 1. The summed E-state index contributed by atoms with van der Waals surface area (Å²) in [6, 6.07) is 9.50. The third-order valence-electron chi connectivity index (χ3n) is 5.22. The van der Waals surface area contributed by atoms with E-state index in [1.807, 2.05) is 35.8 Å². The van der Waals surface area contributed by atoms with Gasteiger partial charge in [0.2, 0.25) is 0 Å². The molecule has 1 saturated carbocycles. The van der Waals surface area contributed by atoms with Crippen molar-refractivity contribution in [3.05, 3.63) is 59.8 Å². The highest BCUT2D eigenvalue weighted by Gasteiger charge is 2.25. The number of nitrogens with zero attached hydrogens (tertiary/aromatic N) is 4. The monoisotopic (exact) mass is 349 g/mol. The number of hydrogen-bond acceptors (Lipinski definition) is 4. The van der Waals surface area contributed by atoms with Crippen LogP contribution in [0.3, 0.4) is 0 Å². The first-order valence-corrected chi connectivity index (χ1v) is 9.21. The van der Waals surface area contributed by atoms with Gasteiger partial charge in [-0.3, -0.25) is 9.78 Å². The fourth-order valence-corrected chi connectivity index (χ4v) is 3.82. The zero-order valence-corrected chi connectivity index (χ0v) is 14.9. The fourth-order valence-electron chi connectivity index (χ4n) is 3.82. The number of amides is 1. The van der Waals surface area contributed by atoms with Gasteiger partial charge in [-0.1, -0.05) is 6.07 Å². The summed E-state index contributed by atoms with van der Waals surface area (Å²) in [5.74, 6) is 0.939. The lowest BCUT2D eigenvalue weighted by atomic mass is 9.80. The molecule has 26 heavy (non-hydrogen) atoms. The Balaban J connectivity index is 1.35. The minimum Gasteiger partial charge on any atom is -0.350 e. The normalized spacial score (nSPS) is 20.2. The van der Waals surface area contributed by atoms with Crippen LogP contribution in [0.25, 0.3) is 5.65 Å². The smallest absolute Gasteiger partial charge is 0.269 e. The minimum atomic E-state index is -0.0874. The molecule has 0 spiro atoms. The van der Waals surface area contributed by atoms with Gasteiger partial charge in [-0.15, -0.1) is 0 Å². The Bertz CT molecular complexity index is 897. The van der Waals surface area contributed by atoms with Gasteiger partial charge in [0.1, 0.15) is 5.69 Å². The molecule has 3 aromatic heterocycles. The Morgan fingerprint density at radius 1 is 1.15 bits per heavy atom. The summed E-state index contributed by atoms with van der Waals surface area (Å²) >= 11 is 0. The number of pyridine rings is 1. The van der Waals surface area contributed by atoms with Gasteiger partial charge in [0.05, 0.1) is 5.69 Å². The van der Waals surface area contributed by atoms with Crippen molar-refractivity contribution < 1.29 is 4.79 Å². The number of aromatic nitrogens is 4. The van der Waals surface area contributed by atoms with E-state index in [9.17, 15) is 4.79 Å². The molecule has 0 atom stereocenters. The molecular weight excluding hydrogens is 326 g/mol.